The van der Waals surface area contributed by atoms with Gasteiger partial charge in [-0.3, -0.25) is 9.59 Å². The maximum atomic E-state index is 13.8. The number of amides is 2. The van der Waals surface area contributed by atoms with E-state index in [1.165, 1.54) is 32.2 Å². The van der Waals surface area contributed by atoms with Crippen molar-refractivity contribution in [1.29, 1.82) is 0 Å². The molecule has 126 valence electrons. The van der Waals surface area contributed by atoms with Crippen molar-refractivity contribution in [3.05, 3.63) is 52.0 Å². The first kappa shape index (κ1) is 17.9. The van der Waals surface area contributed by atoms with Crippen LogP contribution in [0.1, 0.15) is 17.3 Å². The van der Waals surface area contributed by atoms with E-state index in [1.807, 2.05) is 0 Å². The Morgan fingerprint density at radius 3 is 2.25 bits per heavy atom. The van der Waals surface area contributed by atoms with Crippen LogP contribution in [0.15, 0.2) is 34.8 Å². The minimum absolute atomic E-state index is 0.187. The van der Waals surface area contributed by atoms with Gasteiger partial charge in [0.2, 0.25) is 5.91 Å². The lowest BCUT2D eigenvalue weighted by atomic mass is 10.1. The van der Waals surface area contributed by atoms with Gasteiger partial charge in [0.05, 0.1) is 12.8 Å². The highest BCUT2D eigenvalue weighted by Crippen LogP contribution is 2.28. The summed E-state index contributed by atoms with van der Waals surface area (Å²) in [4.78, 5) is 23.3. The fourth-order valence-corrected chi connectivity index (χ4v) is 2.43. The Bertz CT molecular complexity index is 789. The van der Waals surface area contributed by atoms with Crippen molar-refractivity contribution in [2.24, 2.45) is 0 Å². The Morgan fingerprint density at radius 1 is 1.08 bits per heavy atom. The van der Waals surface area contributed by atoms with Gasteiger partial charge < -0.3 is 15.4 Å². The van der Waals surface area contributed by atoms with Crippen molar-refractivity contribution in [1.82, 2.24) is 0 Å². The molecule has 8 heteroatoms. The van der Waals surface area contributed by atoms with Crippen LogP contribution in [0.3, 0.4) is 0 Å². The van der Waals surface area contributed by atoms with Gasteiger partial charge in [-0.05, 0) is 30.3 Å². The van der Waals surface area contributed by atoms with Gasteiger partial charge in [0.1, 0.15) is 22.9 Å². The molecule has 2 rings (SSSR count). The molecule has 24 heavy (non-hydrogen) atoms. The van der Waals surface area contributed by atoms with E-state index in [2.05, 4.69) is 26.6 Å². The van der Waals surface area contributed by atoms with Crippen molar-refractivity contribution in [3.63, 3.8) is 0 Å². The number of anilines is 2. The first-order valence-electron chi connectivity index (χ1n) is 6.73. The van der Waals surface area contributed by atoms with Crippen LogP contribution in [0, 0.1) is 11.6 Å². The summed E-state index contributed by atoms with van der Waals surface area (Å²) in [5, 5.41) is 4.92. The summed E-state index contributed by atoms with van der Waals surface area (Å²) in [6, 6.07) is 6.40. The first-order chi connectivity index (χ1) is 11.3. The standard InChI is InChI=1S/C16H13BrF2N2O3/c1-8(22)20-13-7-10(3-4-14(13)24-2)21-16(23)15-11(18)5-9(17)6-12(15)19/h3-7H,1-2H3,(H,20,22)(H,21,23). The Hall–Kier alpha value is -2.48. The Labute approximate surface area is 145 Å². The van der Waals surface area contributed by atoms with Gasteiger partial charge in [0.15, 0.2) is 0 Å². The quantitative estimate of drug-likeness (QED) is 0.819. The predicted molar refractivity (Wildman–Crippen MR) is 89.3 cm³/mol. The maximum Gasteiger partial charge on any atom is 0.261 e. The Kier molecular flexibility index (Phi) is 5.50. The van der Waals surface area contributed by atoms with Crippen molar-refractivity contribution in [3.8, 4) is 5.75 Å². The van der Waals surface area contributed by atoms with E-state index in [9.17, 15) is 18.4 Å². The summed E-state index contributed by atoms with van der Waals surface area (Å²) in [6.07, 6.45) is 0. The zero-order chi connectivity index (χ0) is 17.9. The summed E-state index contributed by atoms with van der Waals surface area (Å²) >= 11 is 2.95. The minimum Gasteiger partial charge on any atom is -0.495 e. The predicted octanol–water partition coefficient (Wildman–Crippen LogP) is 3.95. The van der Waals surface area contributed by atoms with Crippen LogP contribution in [-0.4, -0.2) is 18.9 Å². The summed E-state index contributed by atoms with van der Waals surface area (Å²) in [5.74, 6) is -2.88. The van der Waals surface area contributed by atoms with Gasteiger partial charge in [0.25, 0.3) is 5.91 Å². The normalized spacial score (nSPS) is 10.2. The van der Waals surface area contributed by atoms with Gasteiger partial charge in [0, 0.05) is 17.1 Å². The molecule has 2 N–H and O–H groups in total. The number of methoxy groups -OCH3 is 1. The second-order valence-electron chi connectivity index (χ2n) is 4.79. The van der Waals surface area contributed by atoms with Crippen LogP contribution >= 0.6 is 15.9 Å². The highest BCUT2D eigenvalue weighted by molar-refractivity contribution is 9.10. The molecule has 0 spiro atoms. The monoisotopic (exact) mass is 398 g/mol. The van der Waals surface area contributed by atoms with Crippen LogP contribution in [0.25, 0.3) is 0 Å². The minimum atomic E-state index is -0.991. The molecule has 5 nitrogen and oxygen atoms in total. The smallest absolute Gasteiger partial charge is 0.261 e. The molecule has 0 aliphatic carbocycles. The number of hydrogen-bond acceptors (Lipinski definition) is 3. The lowest BCUT2D eigenvalue weighted by molar-refractivity contribution is -0.114. The van der Waals surface area contributed by atoms with E-state index in [1.54, 1.807) is 0 Å². The number of carbonyl (C=O) groups is 2. The van der Waals surface area contributed by atoms with Gasteiger partial charge in [-0.25, -0.2) is 8.78 Å². The van der Waals surface area contributed by atoms with Gasteiger partial charge in [-0.1, -0.05) is 15.9 Å². The van der Waals surface area contributed by atoms with E-state index >= 15 is 0 Å². The van der Waals surface area contributed by atoms with E-state index in [0.29, 0.717) is 11.4 Å². The van der Waals surface area contributed by atoms with Crippen LogP contribution in [-0.2, 0) is 4.79 Å². The molecule has 0 fully saturated rings. The molecule has 0 aliphatic heterocycles. The summed E-state index contributed by atoms with van der Waals surface area (Å²) in [7, 11) is 1.42. The average molecular weight is 399 g/mol. The number of hydrogen-bond donors (Lipinski definition) is 2. The fourth-order valence-electron chi connectivity index (χ4n) is 2.03. The molecular formula is C16H13BrF2N2O3. The van der Waals surface area contributed by atoms with Crippen molar-refractivity contribution < 1.29 is 23.1 Å². The SMILES string of the molecule is COc1ccc(NC(=O)c2c(F)cc(Br)cc2F)cc1NC(C)=O. The molecule has 0 saturated carbocycles. The maximum absolute atomic E-state index is 13.8. The largest absolute Gasteiger partial charge is 0.495 e. The number of halogens is 3. The first-order valence-corrected chi connectivity index (χ1v) is 7.52. The fraction of sp³-hybridized carbons (Fsp3) is 0.125. The molecule has 2 aromatic carbocycles. The highest BCUT2D eigenvalue weighted by atomic mass is 79.9. The highest BCUT2D eigenvalue weighted by Gasteiger charge is 2.19. The van der Waals surface area contributed by atoms with E-state index in [4.69, 9.17) is 4.74 Å². The molecule has 0 saturated heterocycles. The van der Waals surface area contributed by atoms with Gasteiger partial charge in [-0.15, -0.1) is 0 Å². The number of carbonyl (C=O) groups excluding carboxylic acids is 2. The molecule has 0 unspecified atom stereocenters. The van der Waals surface area contributed by atoms with Crippen molar-refractivity contribution in [2.45, 2.75) is 6.92 Å². The van der Waals surface area contributed by atoms with E-state index < -0.39 is 23.1 Å². The van der Waals surface area contributed by atoms with E-state index in [-0.39, 0.29) is 16.1 Å². The zero-order valence-corrected chi connectivity index (χ0v) is 14.3. The molecule has 0 atom stereocenters. The van der Waals surface area contributed by atoms with Crippen molar-refractivity contribution in [2.75, 3.05) is 17.7 Å². The zero-order valence-electron chi connectivity index (χ0n) is 12.7. The van der Waals surface area contributed by atoms with Crippen LogP contribution in [0.2, 0.25) is 0 Å². The second kappa shape index (κ2) is 7.39. The molecule has 2 amide bonds. The Balaban J connectivity index is 2.31. The molecule has 2 aromatic rings. The molecule has 0 aliphatic rings. The Morgan fingerprint density at radius 2 is 1.71 bits per heavy atom. The van der Waals surface area contributed by atoms with Crippen LogP contribution < -0.4 is 15.4 Å². The van der Waals surface area contributed by atoms with E-state index in [0.717, 1.165) is 12.1 Å². The average Bonchev–Trinajstić information content (AvgIpc) is 2.45. The summed E-state index contributed by atoms with van der Waals surface area (Å²) in [6.45, 7) is 1.32. The third-order valence-electron chi connectivity index (χ3n) is 3.00. The molecule has 0 heterocycles. The topological polar surface area (TPSA) is 67.4 Å². The molecule has 0 aromatic heterocycles. The summed E-state index contributed by atoms with van der Waals surface area (Å²) in [5.41, 5.74) is -0.138. The van der Waals surface area contributed by atoms with Gasteiger partial charge in [-0.2, -0.15) is 0 Å². The number of nitrogens with one attached hydrogen (secondary N) is 2. The van der Waals surface area contributed by atoms with Crippen LogP contribution in [0.5, 0.6) is 5.75 Å². The summed E-state index contributed by atoms with van der Waals surface area (Å²) < 4.78 is 32.9. The van der Waals surface area contributed by atoms with Crippen molar-refractivity contribution >= 4 is 39.1 Å². The third-order valence-corrected chi connectivity index (χ3v) is 3.46. The third kappa shape index (κ3) is 4.08. The molecule has 0 bridgehead atoms. The van der Waals surface area contributed by atoms with Crippen LogP contribution in [0.4, 0.5) is 20.2 Å². The number of rotatable bonds is 4. The lowest BCUT2D eigenvalue weighted by Crippen LogP contribution is -2.16. The molecule has 0 radical (unpaired) electrons. The lowest BCUT2D eigenvalue weighted by Gasteiger charge is -2.12. The molecular weight excluding hydrogens is 386 g/mol. The number of ether oxygens (including phenoxy) is 1. The number of benzene rings is 2. The van der Waals surface area contributed by atoms with Gasteiger partial charge >= 0.3 is 0 Å². The second-order valence-corrected chi connectivity index (χ2v) is 5.71.